The summed E-state index contributed by atoms with van der Waals surface area (Å²) >= 11 is 0. The van der Waals surface area contributed by atoms with Crippen LogP contribution in [0.25, 0.3) is 0 Å². The van der Waals surface area contributed by atoms with Crippen molar-refractivity contribution in [2.24, 2.45) is 0 Å². The van der Waals surface area contributed by atoms with E-state index in [1.54, 1.807) is 7.11 Å². The zero-order valence-electron chi connectivity index (χ0n) is 14.2. The monoisotopic (exact) mass is 331 g/mol. The van der Waals surface area contributed by atoms with E-state index in [2.05, 4.69) is 29.6 Å². The fourth-order valence-corrected chi connectivity index (χ4v) is 2.90. The number of benzene rings is 3. The Morgan fingerprint density at radius 2 is 1.48 bits per heavy atom. The summed E-state index contributed by atoms with van der Waals surface area (Å²) in [7, 11) is 1.61. The highest BCUT2D eigenvalue weighted by Gasteiger charge is 2.18. The van der Waals surface area contributed by atoms with Gasteiger partial charge in [-0.05, 0) is 23.3 Å². The van der Waals surface area contributed by atoms with Crippen LogP contribution in [0.5, 0.6) is 5.75 Å². The van der Waals surface area contributed by atoms with E-state index in [9.17, 15) is 4.79 Å². The van der Waals surface area contributed by atoms with Crippen LogP contribution in [0.3, 0.4) is 0 Å². The molecule has 126 valence electrons. The molecule has 0 atom stereocenters. The van der Waals surface area contributed by atoms with Crippen molar-refractivity contribution in [1.29, 1.82) is 0 Å². The van der Waals surface area contributed by atoms with Crippen molar-refractivity contribution in [3.05, 3.63) is 96.1 Å². The lowest BCUT2D eigenvalue weighted by atomic mass is 9.88. The van der Waals surface area contributed by atoms with Crippen LogP contribution < -0.4 is 10.1 Å². The van der Waals surface area contributed by atoms with Gasteiger partial charge in [0.25, 0.3) is 0 Å². The molecule has 0 bridgehead atoms. The van der Waals surface area contributed by atoms with E-state index in [0.29, 0.717) is 6.42 Å². The number of carbonyl (C=O) groups is 1. The lowest BCUT2D eigenvalue weighted by molar-refractivity contribution is -0.116. The Kier molecular flexibility index (Phi) is 5.47. The molecule has 0 aliphatic carbocycles. The highest BCUT2D eigenvalue weighted by Crippen LogP contribution is 2.28. The third kappa shape index (κ3) is 4.48. The molecule has 1 N–H and O–H groups in total. The predicted molar refractivity (Wildman–Crippen MR) is 101 cm³/mol. The fourth-order valence-electron chi connectivity index (χ4n) is 2.90. The van der Waals surface area contributed by atoms with Crippen molar-refractivity contribution in [3.8, 4) is 5.75 Å². The van der Waals surface area contributed by atoms with Crippen LogP contribution in [-0.2, 0) is 4.79 Å². The Morgan fingerprint density at radius 3 is 2.04 bits per heavy atom. The normalized spacial score (nSPS) is 10.5. The molecular formula is C22H21NO2. The molecule has 3 heteroatoms. The van der Waals surface area contributed by atoms with Gasteiger partial charge in [-0.1, -0.05) is 66.7 Å². The molecule has 3 rings (SSSR count). The molecule has 3 nitrogen and oxygen atoms in total. The quantitative estimate of drug-likeness (QED) is 0.701. The van der Waals surface area contributed by atoms with Gasteiger partial charge >= 0.3 is 0 Å². The van der Waals surface area contributed by atoms with E-state index in [-0.39, 0.29) is 11.8 Å². The molecule has 0 radical (unpaired) electrons. The molecule has 3 aromatic carbocycles. The van der Waals surface area contributed by atoms with Gasteiger partial charge in [-0.3, -0.25) is 4.79 Å². The van der Waals surface area contributed by atoms with Gasteiger partial charge in [0.1, 0.15) is 5.75 Å². The molecule has 0 saturated carbocycles. The topological polar surface area (TPSA) is 38.3 Å². The van der Waals surface area contributed by atoms with Gasteiger partial charge in [0.05, 0.1) is 7.11 Å². The average molecular weight is 331 g/mol. The summed E-state index contributed by atoms with van der Waals surface area (Å²) in [5.74, 6) is 0.722. The van der Waals surface area contributed by atoms with E-state index in [1.165, 1.54) is 0 Å². The minimum absolute atomic E-state index is 0.0213. The minimum atomic E-state index is -0.0223. The largest absolute Gasteiger partial charge is 0.497 e. The zero-order valence-corrected chi connectivity index (χ0v) is 14.2. The molecule has 3 aromatic rings. The Bertz CT molecular complexity index is 776. The summed E-state index contributed by atoms with van der Waals surface area (Å²) < 4.78 is 5.20. The highest BCUT2D eigenvalue weighted by molar-refractivity contribution is 5.91. The Hall–Kier alpha value is -3.07. The van der Waals surface area contributed by atoms with Crippen LogP contribution in [0.1, 0.15) is 23.5 Å². The molecule has 0 aromatic heterocycles. The third-order valence-electron chi connectivity index (χ3n) is 4.15. The first-order chi connectivity index (χ1) is 12.3. The van der Waals surface area contributed by atoms with E-state index >= 15 is 0 Å². The molecule has 0 unspecified atom stereocenters. The summed E-state index contributed by atoms with van der Waals surface area (Å²) in [6.07, 6.45) is 0.380. The van der Waals surface area contributed by atoms with E-state index < -0.39 is 0 Å². The number of rotatable bonds is 6. The number of methoxy groups -OCH3 is 1. The average Bonchev–Trinajstić information content (AvgIpc) is 2.67. The zero-order chi connectivity index (χ0) is 17.5. The fraction of sp³-hybridized carbons (Fsp3) is 0.136. The first-order valence-corrected chi connectivity index (χ1v) is 8.30. The second kappa shape index (κ2) is 8.15. The minimum Gasteiger partial charge on any atom is -0.497 e. The lowest BCUT2D eigenvalue weighted by Crippen LogP contribution is -2.16. The molecule has 0 heterocycles. The van der Waals surface area contributed by atoms with Gasteiger partial charge in [0.15, 0.2) is 0 Å². The smallest absolute Gasteiger partial charge is 0.225 e. The second-order valence-electron chi connectivity index (χ2n) is 5.86. The van der Waals surface area contributed by atoms with Crippen molar-refractivity contribution >= 4 is 11.6 Å². The third-order valence-corrected chi connectivity index (χ3v) is 4.15. The molecule has 0 aliphatic rings. The maximum atomic E-state index is 12.6. The van der Waals surface area contributed by atoms with Crippen molar-refractivity contribution in [3.63, 3.8) is 0 Å². The van der Waals surface area contributed by atoms with Gasteiger partial charge in [-0.2, -0.15) is 0 Å². The van der Waals surface area contributed by atoms with Gasteiger partial charge in [-0.15, -0.1) is 0 Å². The molecule has 0 aliphatic heterocycles. The van der Waals surface area contributed by atoms with Crippen molar-refractivity contribution in [1.82, 2.24) is 0 Å². The van der Waals surface area contributed by atoms with Crippen molar-refractivity contribution in [2.75, 3.05) is 12.4 Å². The standard InChI is InChI=1S/C22H21NO2/c1-25-20-14-8-13-19(15-20)23-22(24)16-21(17-9-4-2-5-10-17)18-11-6-3-7-12-18/h2-15,21H,16H2,1H3,(H,23,24). The summed E-state index contributed by atoms with van der Waals surface area (Å²) in [5.41, 5.74) is 3.01. The van der Waals surface area contributed by atoms with Crippen LogP contribution in [0.4, 0.5) is 5.69 Å². The number of carbonyl (C=O) groups excluding carboxylic acids is 1. The summed E-state index contributed by atoms with van der Waals surface area (Å²) in [5, 5.41) is 2.97. The van der Waals surface area contributed by atoms with Crippen LogP contribution in [0, 0.1) is 0 Å². The Balaban J connectivity index is 1.79. The van der Waals surface area contributed by atoms with Gasteiger partial charge in [-0.25, -0.2) is 0 Å². The van der Waals surface area contributed by atoms with Crippen LogP contribution in [0.15, 0.2) is 84.9 Å². The number of nitrogens with one attached hydrogen (secondary N) is 1. The second-order valence-corrected chi connectivity index (χ2v) is 5.86. The SMILES string of the molecule is COc1cccc(NC(=O)CC(c2ccccc2)c2ccccc2)c1. The first kappa shape index (κ1) is 16.8. The molecule has 0 spiro atoms. The van der Waals surface area contributed by atoms with Gasteiger partial charge in [0, 0.05) is 24.1 Å². The molecule has 25 heavy (non-hydrogen) atoms. The maximum absolute atomic E-state index is 12.6. The summed E-state index contributed by atoms with van der Waals surface area (Å²) in [6, 6.07) is 27.7. The van der Waals surface area contributed by atoms with Crippen molar-refractivity contribution < 1.29 is 9.53 Å². The molecule has 0 fully saturated rings. The molecule has 1 amide bonds. The summed E-state index contributed by atoms with van der Waals surface area (Å²) in [4.78, 5) is 12.6. The number of amides is 1. The molecule has 0 saturated heterocycles. The van der Waals surface area contributed by atoms with E-state index in [1.807, 2.05) is 60.7 Å². The van der Waals surface area contributed by atoms with Gasteiger partial charge < -0.3 is 10.1 Å². The van der Waals surface area contributed by atoms with E-state index in [0.717, 1.165) is 22.6 Å². The van der Waals surface area contributed by atoms with E-state index in [4.69, 9.17) is 4.74 Å². The first-order valence-electron chi connectivity index (χ1n) is 8.30. The summed E-state index contributed by atoms with van der Waals surface area (Å²) in [6.45, 7) is 0. The number of hydrogen-bond donors (Lipinski definition) is 1. The number of ether oxygens (including phenoxy) is 1. The van der Waals surface area contributed by atoms with Crippen LogP contribution in [-0.4, -0.2) is 13.0 Å². The van der Waals surface area contributed by atoms with Crippen LogP contribution >= 0.6 is 0 Å². The highest BCUT2D eigenvalue weighted by atomic mass is 16.5. The maximum Gasteiger partial charge on any atom is 0.225 e. The van der Waals surface area contributed by atoms with Crippen LogP contribution in [0.2, 0.25) is 0 Å². The predicted octanol–water partition coefficient (Wildman–Crippen LogP) is 4.86. The van der Waals surface area contributed by atoms with Gasteiger partial charge in [0.2, 0.25) is 5.91 Å². The molecular weight excluding hydrogens is 310 g/mol. The Morgan fingerprint density at radius 1 is 0.880 bits per heavy atom. The number of hydrogen-bond acceptors (Lipinski definition) is 2. The number of anilines is 1. The van der Waals surface area contributed by atoms with Crippen molar-refractivity contribution in [2.45, 2.75) is 12.3 Å². The Labute approximate surface area is 148 Å². The lowest BCUT2D eigenvalue weighted by Gasteiger charge is -2.18.